The van der Waals surface area contributed by atoms with E-state index in [1.54, 1.807) is 24.3 Å². The van der Waals surface area contributed by atoms with Gasteiger partial charge in [-0.15, -0.1) is 0 Å². The maximum absolute atomic E-state index is 11.5. The van der Waals surface area contributed by atoms with E-state index in [-0.39, 0.29) is 11.4 Å². The van der Waals surface area contributed by atoms with Crippen molar-refractivity contribution >= 4 is 11.6 Å². The topological polar surface area (TPSA) is 66.0 Å². The number of nitrogens with zero attached hydrogens (tertiary/aromatic N) is 1. The molecule has 0 aliphatic carbocycles. The van der Waals surface area contributed by atoms with Gasteiger partial charge in [0.15, 0.2) is 0 Å². The Hall–Kier alpha value is -1.81. The van der Waals surface area contributed by atoms with Crippen molar-refractivity contribution in [3.63, 3.8) is 0 Å². The summed E-state index contributed by atoms with van der Waals surface area (Å²) in [4.78, 5) is 17.5. The van der Waals surface area contributed by atoms with Crippen LogP contribution >= 0.6 is 11.6 Å². The number of hydrogen-bond acceptors (Lipinski definition) is 3. The normalized spacial score (nSPS) is 10.2. The van der Waals surface area contributed by atoms with Crippen molar-refractivity contribution in [3.8, 4) is 17.0 Å². The number of H-pyrrole nitrogens is 1. The Labute approximate surface area is 90.2 Å². The van der Waals surface area contributed by atoms with E-state index in [1.165, 1.54) is 0 Å². The quantitative estimate of drug-likeness (QED) is 0.773. The number of hydrogen-bond donors (Lipinski definition) is 2. The summed E-state index contributed by atoms with van der Waals surface area (Å²) < 4.78 is 0. The van der Waals surface area contributed by atoms with Gasteiger partial charge >= 0.3 is 0 Å². The lowest BCUT2D eigenvalue weighted by atomic mass is 10.1. The fourth-order valence-corrected chi connectivity index (χ4v) is 1.53. The molecule has 0 spiro atoms. The molecule has 0 fully saturated rings. The Morgan fingerprint density at radius 2 is 2.07 bits per heavy atom. The Morgan fingerprint density at radius 1 is 1.33 bits per heavy atom. The molecule has 1 aromatic carbocycles. The minimum atomic E-state index is -0.421. The lowest BCUT2D eigenvalue weighted by molar-refractivity contribution is 0.453. The minimum absolute atomic E-state index is 0.0862. The Balaban J connectivity index is 2.75. The van der Waals surface area contributed by atoms with E-state index < -0.39 is 5.56 Å². The summed E-state index contributed by atoms with van der Waals surface area (Å²) in [6, 6.07) is 6.76. The molecule has 15 heavy (non-hydrogen) atoms. The number of halogens is 1. The number of aromatic nitrogens is 2. The smallest absolute Gasteiger partial charge is 0.262 e. The van der Waals surface area contributed by atoms with E-state index in [9.17, 15) is 9.90 Å². The summed E-state index contributed by atoms with van der Waals surface area (Å²) >= 11 is 5.91. The molecule has 0 bridgehead atoms. The van der Waals surface area contributed by atoms with Crippen LogP contribution in [0, 0.1) is 0 Å². The molecule has 4 nitrogen and oxygen atoms in total. The first-order valence-electron chi connectivity index (χ1n) is 4.21. The van der Waals surface area contributed by atoms with Gasteiger partial charge in [0.1, 0.15) is 5.56 Å². The zero-order valence-electron chi connectivity index (χ0n) is 7.57. The van der Waals surface area contributed by atoms with Crippen molar-refractivity contribution in [2.24, 2.45) is 0 Å². The number of benzene rings is 1. The zero-order valence-corrected chi connectivity index (χ0v) is 8.32. The second-order valence-electron chi connectivity index (χ2n) is 2.91. The van der Waals surface area contributed by atoms with Crippen LogP contribution in [0.5, 0.6) is 5.88 Å². The molecule has 0 aliphatic rings. The van der Waals surface area contributed by atoms with E-state index in [4.69, 9.17) is 11.6 Å². The van der Waals surface area contributed by atoms with E-state index in [1.807, 2.05) is 0 Å². The van der Waals surface area contributed by atoms with E-state index in [0.29, 0.717) is 10.6 Å². The summed E-state index contributed by atoms with van der Waals surface area (Å²) in [5.74, 6) is -0.327. The molecule has 1 aromatic heterocycles. The first-order valence-corrected chi connectivity index (χ1v) is 4.59. The zero-order chi connectivity index (χ0) is 10.8. The lowest BCUT2D eigenvalue weighted by Crippen LogP contribution is -2.09. The second kappa shape index (κ2) is 3.74. The summed E-state index contributed by atoms with van der Waals surface area (Å²) in [6.07, 6.45) is 1.14. The fourth-order valence-electron chi connectivity index (χ4n) is 1.30. The van der Waals surface area contributed by atoms with Gasteiger partial charge in [-0.25, -0.2) is 4.98 Å². The van der Waals surface area contributed by atoms with Crippen molar-refractivity contribution in [2.45, 2.75) is 0 Å². The van der Waals surface area contributed by atoms with Gasteiger partial charge in [0.25, 0.3) is 5.56 Å². The highest BCUT2D eigenvalue weighted by atomic mass is 35.5. The van der Waals surface area contributed by atoms with Crippen LogP contribution < -0.4 is 5.56 Å². The van der Waals surface area contributed by atoms with Gasteiger partial charge in [-0.05, 0) is 6.07 Å². The second-order valence-corrected chi connectivity index (χ2v) is 3.32. The molecule has 5 heteroatoms. The van der Waals surface area contributed by atoms with Crippen LogP contribution in [0.1, 0.15) is 0 Å². The molecule has 0 saturated carbocycles. The van der Waals surface area contributed by atoms with Crippen molar-refractivity contribution in [1.29, 1.82) is 0 Å². The van der Waals surface area contributed by atoms with Crippen LogP contribution in [-0.2, 0) is 0 Å². The molecule has 0 amide bonds. The monoisotopic (exact) mass is 222 g/mol. The molecule has 0 saturated heterocycles. The number of aromatic hydroxyl groups is 1. The van der Waals surface area contributed by atoms with Gasteiger partial charge in [0.05, 0.1) is 6.33 Å². The molecular weight excluding hydrogens is 216 g/mol. The third-order valence-corrected chi connectivity index (χ3v) is 2.31. The molecule has 0 atom stereocenters. The predicted octanol–water partition coefficient (Wildman–Crippen LogP) is 1.80. The van der Waals surface area contributed by atoms with Gasteiger partial charge in [0, 0.05) is 10.6 Å². The maximum atomic E-state index is 11.5. The molecule has 0 unspecified atom stereocenters. The SMILES string of the molecule is O=c1[nH]cnc(O)c1-c1ccccc1Cl. The fraction of sp³-hybridized carbons (Fsp3) is 0. The van der Waals surface area contributed by atoms with E-state index in [0.717, 1.165) is 6.33 Å². The van der Waals surface area contributed by atoms with Crippen molar-refractivity contribution in [3.05, 3.63) is 46.0 Å². The number of rotatable bonds is 1. The Morgan fingerprint density at radius 3 is 2.73 bits per heavy atom. The summed E-state index contributed by atoms with van der Waals surface area (Å²) in [7, 11) is 0. The van der Waals surface area contributed by atoms with Gasteiger partial charge in [-0.2, -0.15) is 0 Å². The summed E-state index contributed by atoms with van der Waals surface area (Å²) in [5, 5.41) is 9.87. The highest BCUT2D eigenvalue weighted by Crippen LogP contribution is 2.29. The van der Waals surface area contributed by atoms with Crippen LogP contribution in [0.25, 0.3) is 11.1 Å². The van der Waals surface area contributed by atoms with Crippen LogP contribution in [0.2, 0.25) is 5.02 Å². The first kappa shape index (κ1) is 9.73. The highest BCUT2D eigenvalue weighted by Gasteiger charge is 2.12. The average molecular weight is 223 g/mol. The van der Waals surface area contributed by atoms with Gasteiger partial charge in [-0.3, -0.25) is 4.79 Å². The molecule has 2 aromatic rings. The van der Waals surface area contributed by atoms with Crippen LogP contribution in [0.4, 0.5) is 0 Å². The molecule has 1 heterocycles. The van der Waals surface area contributed by atoms with Gasteiger partial charge in [0.2, 0.25) is 5.88 Å². The van der Waals surface area contributed by atoms with E-state index >= 15 is 0 Å². The number of nitrogens with one attached hydrogen (secondary N) is 1. The Bertz CT molecular complexity index is 551. The van der Waals surface area contributed by atoms with Crippen molar-refractivity contribution in [2.75, 3.05) is 0 Å². The molecule has 0 radical (unpaired) electrons. The number of aromatic amines is 1. The molecule has 0 aliphatic heterocycles. The lowest BCUT2D eigenvalue weighted by Gasteiger charge is -2.03. The van der Waals surface area contributed by atoms with Crippen LogP contribution in [-0.4, -0.2) is 15.1 Å². The standard InChI is InChI=1S/C10H7ClN2O2/c11-7-4-2-1-3-6(7)8-9(14)12-5-13-10(8)15/h1-5H,(H2,12,13,14,15). The Kier molecular flexibility index (Phi) is 2.43. The summed E-state index contributed by atoms with van der Waals surface area (Å²) in [6.45, 7) is 0. The average Bonchev–Trinajstić information content (AvgIpc) is 2.20. The molecule has 76 valence electrons. The van der Waals surface area contributed by atoms with Gasteiger partial charge in [-0.1, -0.05) is 29.8 Å². The molecule has 2 N–H and O–H groups in total. The van der Waals surface area contributed by atoms with Crippen molar-refractivity contribution < 1.29 is 5.11 Å². The van der Waals surface area contributed by atoms with Crippen molar-refractivity contribution in [1.82, 2.24) is 9.97 Å². The third kappa shape index (κ3) is 1.71. The molecular formula is C10H7ClN2O2. The maximum Gasteiger partial charge on any atom is 0.262 e. The first-order chi connectivity index (χ1) is 7.20. The van der Waals surface area contributed by atoms with Gasteiger partial charge < -0.3 is 10.1 Å². The predicted molar refractivity (Wildman–Crippen MR) is 57.0 cm³/mol. The largest absolute Gasteiger partial charge is 0.493 e. The minimum Gasteiger partial charge on any atom is -0.493 e. The third-order valence-electron chi connectivity index (χ3n) is 1.98. The molecule has 2 rings (SSSR count). The van der Waals surface area contributed by atoms with Crippen LogP contribution in [0.3, 0.4) is 0 Å². The summed E-state index contributed by atoms with van der Waals surface area (Å²) in [5.41, 5.74) is 0.129. The van der Waals surface area contributed by atoms with Crippen LogP contribution in [0.15, 0.2) is 35.4 Å². The highest BCUT2D eigenvalue weighted by molar-refractivity contribution is 6.33. The van der Waals surface area contributed by atoms with E-state index in [2.05, 4.69) is 9.97 Å².